The number of benzene rings is 2. The number of azo groups is 1. The highest BCUT2D eigenvalue weighted by Gasteiger charge is 2.04. The first-order valence-corrected chi connectivity index (χ1v) is 8.59. The van der Waals surface area contributed by atoms with Gasteiger partial charge in [0.15, 0.2) is 0 Å². The molecule has 0 saturated carbocycles. The van der Waals surface area contributed by atoms with Crippen LogP contribution in [0.3, 0.4) is 0 Å². The molecule has 0 unspecified atom stereocenters. The van der Waals surface area contributed by atoms with Crippen LogP contribution in [-0.2, 0) is 0 Å². The van der Waals surface area contributed by atoms with Crippen LogP contribution in [0.4, 0.5) is 17.1 Å². The van der Waals surface area contributed by atoms with E-state index in [0.717, 1.165) is 19.4 Å². The largest absolute Gasteiger partial charge is 0.507 e. The number of hydrogen-bond acceptors (Lipinski definition) is 6. The van der Waals surface area contributed by atoms with E-state index in [-0.39, 0.29) is 11.4 Å². The first-order chi connectivity index (χ1) is 12.6. The lowest BCUT2D eigenvalue weighted by molar-refractivity contribution is -0.384. The van der Waals surface area contributed by atoms with Gasteiger partial charge in [-0.1, -0.05) is 26.2 Å². The van der Waals surface area contributed by atoms with Crippen LogP contribution < -0.4 is 0 Å². The summed E-state index contributed by atoms with van der Waals surface area (Å²) in [7, 11) is 0. The third-order valence-electron chi connectivity index (χ3n) is 3.72. The van der Waals surface area contributed by atoms with Crippen molar-refractivity contribution >= 4 is 23.3 Å². The molecule has 2 aromatic rings. The summed E-state index contributed by atoms with van der Waals surface area (Å²) >= 11 is 0. The van der Waals surface area contributed by atoms with E-state index in [2.05, 4.69) is 22.1 Å². The second-order valence-electron chi connectivity index (χ2n) is 5.81. The zero-order valence-electron chi connectivity index (χ0n) is 14.7. The number of nitro benzene ring substituents is 1. The van der Waals surface area contributed by atoms with Crippen molar-refractivity contribution in [2.45, 2.75) is 32.6 Å². The minimum Gasteiger partial charge on any atom is -0.507 e. The van der Waals surface area contributed by atoms with E-state index in [1.54, 1.807) is 24.4 Å². The molecule has 0 amide bonds. The van der Waals surface area contributed by atoms with Crippen LogP contribution in [0.5, 0.6) is 5.75 Å². The summed E-state index contributed by atoms with van der Waals surface area (Å²) in [4.78, 5) is 14.5. The molecule has 0 aromatic heterocycles. The van der Waals surface area contributed by atoms with E-state index >= 15 is 0 Å². The molecule has 2 rings (SSSR count). The third kappa shape index (κ3) is 6.08. The Morgan fingerprint density at radius 3 is 2.42 bits per heavy atom. The lowest BCUT2D eigenvalue weighted by atomic mass is 10.2. The van der Waals surface area contributed by atoms with Crippen molar-refractivity contribution < 1.29 is 10.0 Å². The Labute approximate surface area is 152 Å². The molecule has 136 valence electrons. The van der Waals surface area contributed by atoms with Gasteiger partial charge < -0.3 is 5.11 Å². The number of non-ortho nitro benzene ring substituents is 1. The maximum Gasteiger partial charge on any atom is 0.269 e. The lowest BCUT2D eigenvalue weighted by Crippen LogP contribution is -1.86. The number of phenols is 1. The second kappa shape index (κ2) is 10.0. The van der Waals surface area contributed by atoms with Gasteiger partial charge in [-0.2, -0.15) is 10.2 Å². The summed E-state index contributed by atoms with van der Waals surface area (Å²) in [5.41, 5.74) is 1.66. The number of aromatic hydroxyl groups is 1. The summed E-state index contributed by atoms with van der Waals surface area (Å²) in [5.74, 6) is 0.136. The first-order valence-electron chi connectivity index (χ1n) is 8.59. The topological polar surface area (TPSA) is 100 Å². The summed E-state index contributed by atoms with van der Waals surface area (Å²) in [6.07, 6.45) is 6.23. The zero-order valence-corrected chi connectivity index (χ0v) is 14.7. The summed E-state index contributed by atoms with van der Waals surface area (Å²) in [5, 5.41) is 28.7. The Hall–Kier alpha value is -3.09. The maximum atomic E-state index is 10.6. The molecule has 0 atom stereocenters. The van der Waals surface area contributed by atoms with Crippen LogP contribution in [0.2, 0.25) is 0 Å². The number of aliphatic imine (C=N–C) groups is 1. The lowest BCUT2D eigenvalue weighted by Gasteiger charge is -2.00. The monoisotopic (exact) mass is 354 g/mol. The van der Waals surface area contributed by atoms with E-state index in [0.29, 0.717) is 16.9 Å². The van der Waals surface area contributed by atoms with Crippen LogP contribution in [0.1, 0.15) is 38.2 Å². The van der Waals surface area contributed by atoms with Crippen molar-refractivity contribution in [3.63, 3.8) is 0 Å². The molecule has 7 heteroatoms. The average Bonchev–Trinajstić information content (AvgIpc) is 2.65. The minimum absolute atomic E-state index is 0.00557. The van der Waals surface area contributed by atoms with E-state index in [1.807, 2.05) is 0 Å². The Kier molecular flexibility index (Phi) is 7.42. The second-order valence-corrected chi connectivity index (χ2v) is 5.81. The number of rotatable bonds is 9. The predicted octanol–water partition coefficient (Wildman–Crippen LogP) is 5.72. The molecule has 1 N–H and O–H groups in total. The van der Waals surface area contributed by atoms with Gasteiger partial charge in [0.05, 0.1) is 16.3 Å². The third-order valence-corrected chi connectivity index (χ3v) is 3.72. The van der Waals surface area contributed by atoms with Gasteiger partial charge >= 0.3 is 0 Å². The van der Waals surface area contributed by atoms with Gasteiger partial charge in [0, 0.05) is 30.5 Å². The molecule has 0 saturated heterocycles. The predicted molar refractivity (Wildman–Crippen MR) is 102 cm³/mol. The van der Waals surface area contributed by atoms with Crippen LogP contribution in [0.25, 0.3) is 0 Å². The van der Waals surface area contributed by atoms with E-state index in [9.17, 15) is 15.2 Å². The minimum atomic E-state index is -0.464. The summed E-state index contributed by atoms with van der Waals surface area (Å²) in [6.45, 7) is 2.89. The molecule has 0 radical (unpaired) electrons. The fourth-order valence-corrected chi connectivity index (χ4v) is 2.26. The van der Waals surface area contributed by atoms with Crippen LogP contribution in [0.15, 0.2) is 57.7 Å². The zero-order chi connectivity index (χ0) is 18.8. The Bertz CT molecular complexity index is 786. The number of phenolic OH excluding ortho intramolecular Hbond substituents is 1. The van der Waals surface area contributed by atoms with Gasteiger partial charge in [-0.25, -0.2) is 0 Å². The van der Waals surface area contributed by atoms with Crippen molar-refractivity contribution in [3.8, 4) is 5.75 Å². The molecule has 7 nitrogen and oxygen atoms in total. The Balaban J connectivity index is 2.01. The molecule has 0 aliphatic heterocycles. The fourth-order valence-electron chi connectivity index (χ4n) is 2.26. The highest BCUT2D eigenvalue weighted by molar-refractivity contribution is 5.84. The SMILES string of the molecule is CCCCCCN=Cc1cc(N=Nc2ccc([N+](=O)[O-])cc2)ccc1O. The molecule has 0 heterocycles. The maximum absolute atomic E-state index is 10.6. The smallest absolute Gasteiger partial charge is 0.269 e. The van der Waals surface area contributed by atoms with Crippen molar-refractivity contribution in [3.05, 3.63) is 58.1 Å². The normalized spacial score (nSPS) is 11.4. The molecule has 2 aromatic carbocycles. The fraction of sp³-hybridized carbons (Fsp3) is 0.316. The number of nitrogens with zero attached hydrogens (tertiary/aromatic N) is 4. The van der Waals surface area contributed by atoms with Crippen molar-refractivity contribution in [1.29, 1.82) is 0 Å². The highest BCUT2D eigenvalue weighted by atomic mass is 16.6. The number of unbranched alkanes of at least 4 members (excludes halogenated alkanes) is 3. The van der Waals surface area contributed by atoms with Gasteiger partial charge in [0.25, 0.3) is 5.69 Å². The van der Waals surface area contributed by atoms with Crippen molar-refractivity contribution in [2.24, 2.45) is 15.2 Å². The summed E-state index contributed by atoms with van der Waals surface area (Å²) in [6, 6.07) is 10.7. The molecular formula is C19H22N4O3. The summed E-state index contributed by atoms with van der Waals surface area (Å²) < 4.78 is 0. The highest BCUT2D eigenvalue weighted by Crippen LogP contribution is 2.25. The van der Waals surface area contributed by atoms with E-state index in [1.165, 1.54) is 37.1 Å². The molecule has 0 aliphatic rings. The quantitative estimate of drug-likeness (QED) is 0.205. The molecule has 0 fully saturated rings. The first kappa shape index (κ1) is 19.2. The molecule has 26 heavy (non-hydrogen) atoms. The van der Waals surface area contributed by atoms with Crippen LogP contribution in [0, 0.1) is 10.1 Å². The van der Waals surface area contributed by atoms with Gasteiger partial charge in [-0.15, -0.1) is 0 Å². The molecular weight excluding hydrogens is 332 g/mol. The van der Waals surface area contributed by atoms with E-state index < -0.39 is 4.92 Å². The van der Waals surface area contributed by atoms with Crippen molar-refractivity contribution in [2.75, 3.05) is 6.54 Å². The van der Waals surface area contributed by atoms with Gasteiger partial charge in [0.2, 0.25) is 0 Å². The standard InChI is InChI=1S/C19H22N4O3/c1-2-3-4-5-12-20-14-15-13-17(8-11-19(15)24)22-21-16-6-9-18(10-7-16)23(25)26/h6-11,13-14,24H,2-5,12H2,1H3. The van der Waals surface area contributed by atoms with Gasteiger partial charge in [0.1, 0.15) is 5.75 Å². The van der Waals surface area contributed by atoms with Crippen LogP contribution >= 0.6 is 0 Å². The van der Waals surface area contributed by atoms with Gasteiger partial charge in [-0.05, 0) is 36.8 Å². The molecule has 0 aliphatic carbocycles. The average molecular weight is 354 g/mol. The Morgan fingerprint density at radius 2 is 1.73 bits per heavy atom. The van der Waals surface area contributed by atoms with Crippen molar-refractivity contribution in [1.82, 2.24) is 0 Å². The number of hydrogen-bond donors (Lipinski definition) is 1. The number of nitro groups is 1. The molecule has 0 bridgehead atoms. The Morgan fingerprint density at radius 1 is 1.04 bits per heavy atom. The molecule has 0 spiro atoms. The van der Waals surface area contributed by atoms with Crippen LogP contribution in [-0.4, -0.2) is 22.8 Å². The van der Waals surface area contributed by atoms with E-state index in [4.69, 9.17) is 0 Å². The van der Waals surface area contributed by atoms with Gasteiger partial charge in [-0.3, -0.25) is 15.1 Å².